The highest BCUT2D eigenvalue weighted by atomic mass is 35.5. The molecular weight excluding hydrogens is 390 g/mol. The molecule has 2 aromatic carbocycles. The summed E-state index contributed by atoms with van der Waals surface area (Å²) < 4.78 is 13.2. The van der Waals surface area contributed by atoms with Crippen molar-refractivity contribution >= 4 is 46.8 Å². The molecule has 2 rings (SSSR count). The van der Waals surface area contributed by atoms with Gasteiger partial charge < -0.3 is 10.2 Å². The normalized spacial score (nSPS) is 10.8. The van der Waals surface area contributed by atoms with Gasteiger partial charge in [-0.3, -0.25) is 9.59 Å². The Morgan fingerprint density at radius 3 is 2.67 bits per heavy atom. The number of halogens is 3. The Hall–Kier alpha value is -2.37. The number of benzene rings is 2. The predicted molar refractivity (Wildman–Crippen MR) is 107 cm³/mol. The zero-order valence-corrected chi connectivity index (χ0v) is 16.2. The summed E-state index contributed by atoms with van der Waals surface area (Å²) in [6.07, 6.45) is 3.52. The van der Waals surface area contributed by atoms with E-state index in [9.17, 15) is 14.0 Å². The minimum Gasteiger partial charge on any atom is -0.330 e. The van der Waals surface area contributed by atoms with Crippen molar-refractivity contribution in [2.45, 2.75) is 13.3 Å². The average molecular weight is 409 g/mol. The SMILES string of the molecule is CCCN(CC(=O)Nc1cc(Cl)ccc1Cl)C(=O)/C=C/c1cccc(F)c1. The second kappa shape index (κ2) is 10.1. The number of amides is 2. The highest BCUT2D eigenvalue weighted by Crippen LogP contribution is 2.25. The van der Waals surface area contributed by atoms with Crippen molar-refractivity contribution in [2.24, 2.45) is 0 Å². The van der Waals surface area contributed by atoms with Gasteiger partial charge in [0, 0.05) is 17.6 Å². The first kappa shape index (κ1) is 20.9. The molecule has 0 aromatic heterocycles. The summed E-state index contributed by atoms with van der Waals surface area (Å²) in [6.45, 7) is 2.17. The van der Waals surface area contributed by atoms with Crippen LogP contribution in [0.2, 0.25) is 10.0 Å². The van der Waals surface area contributed by atoms with Crippen LogP contribution in [-0.2, 0) is 9.59 Å². The van der Waals surface area contributed by atoms with Crippen LogP contribution < -0.4 is 5.32 Å². The lowest BCUT2D eigenvalue weighted by molar-refractivity contribution is -0.130. The molecule has 142 valence electrons. The van der Waals surface area contributed by atoms with Crippen LogP contribution in [-0.4, -0.2) is 29.8 Å². The minimum atomic E-state index is -0.389. The summed E-state index contributed by atoms with van der Waals surface area (Å²) in [5.41, 5.74) is 0.948. The molecule has 0 saturated carbocycles. The molecule has 0 bridgehead atoms. The van der Waals surface area contributed by atoms with Crippen LogP contribution in [0.4, 0.5) is 10.1 Å². The number of anilines is 1. The van der Waals surface area contributed by atoms with Gasteiger partial charge >= 0.3 is 0 Å². The number of nitrogens with one attached hydrogen (secondary N) is 1. The van der Waals surface area contributed by atoms with Gasteiger partial charge in [-0.25, -0.2) is 4.39 Å². The fourth-order valence-electron chi connectivity index (χ4n) is 2.38. The topological polar surface area (TPSA) is 49.4 Å². The van der Waals surface area contributed by atoms with Crippen molar-refractivity contribution in [3.63, 3.8) is 0 Å². The molecule has 1 N–H and O–H groups in total. The fraction of sp³-hybridized carbons (Fsp3) is 0.200. The molecule has 4 nitrogen and oxygen atoms in total. The van der Waals surface area contributed by atoms with E-state index in [1.54, 1.807) is 24.3 Å². The monoisotopic (exact) mass is 408 g/mol. The van der Waals surface area contributed by atoms with E-state index < -0.39 is 0 Å². The lowest BCUT2D eigenvalue weighted by Crippen LogP contribution is -2.37. The Bertz CT molecular complexity index is 856. The first-order chi connectivity index (χ1) is 12.9. The van der Waals surface area contributed by atoms with Crippen LogP contribution in [0, 0.1) is 5.82 Å². The van der Waals surface area contributed by atoms with E-state index in [4.69, 9.17) is 23.2 Å². The van der Waals surface area contributed by atoms with Crippen molar-refractivity contribution in [1.82, 2.24) is 4.90 Å². The van der Waals surface area contributed by atoms with Gasteiger partial charge in [-0.2, -0.15) is 0 Å². The largest absolute Gasteiger partial charge is 0.330 e. The molecule has 2 aromatic rings. The Morgan fingerprint density at radius 2 is 1.96 bits per heavy atom. The Kier molecular flexibility index (Phi) is 7.82. The zero-order valence-electron chi connectivity index (χ0n) is 14.7. The van der Waals surface area contributed by atoms with Crippen LogP contribution >= 0.6 is 23.2 Å². The molecule has 0 aliphatic heterocycles. The molecule has 0 unspecified atom stereocenters. The molecule has 0 heterocycles. The molecule has 7 heteroatoms. The molecule has 0 aliphatic carbocycles. The second-order valence-corrected chi connectivity index (χ2v) is 6.66. The molecular formula is C20H19Cl2FN2O2. The number of hydrogen-bond donors (Lipinski definition) is 1. The van der Waals surface area contributed by atoms with Crippen LogP contribution in [0.1, 0.15) is 18.9 Å². The van der Waals surface area contributed by atoms with E-state index in [1.165, 1.54) is 35.3 Å². The number of carbonyl (C=O) groups is 2. The smallest absolute Gasteiger partial charge is 0.247 e. The number of nitrogens with zero attached hydrogens (tertiary/aromatic N) is 1. The van der Waals surface area contributed by atoms with Gasteiger partial charge in [0.25, 0.3) is 0 Å². The fourth-order valence-corrected chi connectivity index (χ4v) is 2.71. The molecule has 0 fully saturated rings. The number of hydrogen-bond acceptors (Lipinski definition) is 2. The van der Waals surface area contributed by atoms with E-state index >= 15 is 0 Å². The second-order valence-electron chi connectivity index (χ2n) is 5.82. The van der Waals surface area contributed by atoms with Gasteiger partial charge in [-0.05, 0) is 48.4 Å². The lowest BCUT2D eigenvalue weighted by Gasteiger charge is -2.20. The van der Waals surface area contributed by atoms with Crippen molar-refractivity contribution in [1.29, 1.82) is 0 Å². The summed E-state index contributed by atoms with van der Waals surface area (Å²) in [7, 11) is 0. The van der Waals surface area contributed by atoms with E-state index in [0.29, 0.717) is 34.3 Å². The third kappa shape index (κ3) is 6.70. The third-order valence-electron chi connectivity index (χ3n) is 3.61. The minimum absolute atomic E-state index is 0.136. The van der Waals surface area contributed by atoms with Crippen LogP contribution in [0.25, 0.3) is 6.08 Å². The van der Waals surface area contributed by atoms with Gasteiger partial charge in [-0.1, -0.05) is 42.3 Å². The number of rotatable bonds is 7. The quantitative estimate of drug-likeness (QED) is 0.653. The molecule has 0 saturated heterocycles. The van der Waals surface area contributed by atoms with E-state index in [0.717, 1.165) is 0 Å². The van der Waals surface area contributed by atoms with E-state index in [-0.39, 0.29) is 24.2 Å². The summed E-state index contributed by atoms with van der Waals surface area (Å²) in [6, 6.07) is 10.6. The average Bonchev–Trinajstić information content (AvgIpc) is 2.62. The summed E-state index contributed by atoms with van der Waals surface area (Å²) in [4.78, 5) is 26.1. The van der Waals surface area contributed by atoms with Crippen LogP contribution in [0.15, 0.2) is 48.5 Å². The van der Waals surface area contributed by atoms with Gasteiger partial charge in [0.2, 0.25) is 11.8 Å². The lowest BCUT2D eigenvalue weighted by atomic mass is 10.2. The van der Waals surface area contributed by atoms with Crippen molar-refractivity contribution in [3.05, 3.63) is 70.0 Å². The standard InChI is InChI=1S/C20H19Cl2FN2O2/c1-2-10-25(20(27)9-6-14-4-3-5-16(23)11-14)13-19(26)24-18-12-15(21)7-8-17(18)22/h3-9,11-12H,2,10,13H2,1H3,(H,24,26)/b9-6+. The van der Waals surface area contributed by atoms with Crippen molar-refractivity contribution in [2.75, 3.05) is 18.4 Å². The highest BCUT2D eigenvalue weighted by molar-refractivity contribution is 6.35. The Balaban J connectivity index is 2.04. The maximum absolute atomic E-state index is 13.2. The summed E-state index contributed by atoms with van der Waals surface area (Å²) >= 11 is 11.9. The molecule has 0 atom stereocenters. The Morgan fingerprint density at radius 1 is 1.19 bits per heavy atom. The predicted octanol–water partition coefficient (Wildman–Crippen LogP) is 5.02. The first-order valence-electron chi connectivity index (χ1n) is 8.36. The van der Waals surface area contributed by atoms with Crippen molar-refractivity contribution < 1.29 is 14.0 Å². The van der Waals surface area contributed by atoms with Gasteiger partial charge in [0.15, 0.2) is 0 Å². The molecule has 0 radical (unpaired) electrons. The maximum atomic E-state index is 13.2. The summed E-state index contributed by atoms with van der Waals surface area (Å²) in [5, 5.41) is 3.45. The number of carbonyl (C=O) groups excluding carboxylic acids is 2. The third-order valence-corrected chi connectivity index (χ3v) is 4.17. The van der Waals surface area contributed by atoms with Crippen molar-refractivity contribution in [3.8, 4) is 0 Å². The Labute approximate surface area is 167 Å². The molecule has 0 spiro atoms. The zero-order chi connectivity index (χ0) is 19.8. The summed E-state index contributed by atoms with van der Waals surface area (Å²) in [5.74, 6) is -1.11. The molecule has 27 heavy (non-hydrogen) atoms. The van der Waals surface area contributed by atoms with E-state index in [1.807, 2.05) is 6.92 Å². The van der Waals surface area contributed by atoms with Gasteiger partial charge in [0.05, 0.1) is 10.7 Å². The van der Waals surface area contributed by atoms with Gasteiger partial charge in [-0.15, -0.1) is 0 Å². The highest BCUT2D eigenvalue weighted by Gasteiger charge is 2.15. The first-order valence-corrected chi connectivity index (χ1v) is 9.12. The molecule has 0 aliphatic rings. The van der Waals surface area contributed by atoms with Crippen LogP contribution in [0.3, 0.4) is 0 Å². The van der Waals surface area contributed by atoms with Gasteiger partial charge in [0.1, 0.15) is 12.4 Å². The van der Waals surface area contributed by atoms with Crippen LogP contribution in [0.5, 0.6) is 0 Å². The maximum Gasteiger partial charge on any atom is 0.247 e. The molecule has 2 amide bonds. The van der Waals surface area contributed by atoms with E-state index in [2.05, 4.69) is 5.32 Å².